The number of aryl methyl sites for hydroxylation is 1. The van der Waals surface area contributed by atoms with Crippen LogP contribution in [0.5, 0.6) is 0 Å². The number of nitrogens with zero attached hydrogens (tertiary/aromatic N) is 2. The van der Waals surface area contributed by atoms with Crippen LogP contribution in [0, 0.1) is 18.8 Å². The van der Waals surface area contributed by atoms with Crippen molar-refractivity contribution in [3.63, 3.8) is 0 Å². The van der Waals surface area contributed by atoms with E-state index in [0.717, 1.165) is 49.9 Å². The van der Waals surface area contributed by atoms with Gasteiger partial charge in [-0.2, -0.15) is 0 Å². The lowest BCUT2D eigenvalue weighted by molar-refractivity contribution is -0.0257. The second-order valence-electron chi connectivity index (χ2n) is 10.6. The maximum absolute atomic E-state index is 10.7. The molecule has 0 bridgehead atoms. The van der Waals surface area contributed by atoms with Gasteiger partial charge in [-0.3, -0.25) is 4.90 Å². The van der Waals surface area contributed by atoms with Crippen molar-refractivity contribution in [3.8, 4) is 0 Å². The molecule has 0 aromatic heterocycles. The van der Waals surface area contributed by atoms with Gasteiger partial charge < -0.3 is 14.7 Å². The van der Waals surface area contributed by atoms with Crippen molar-refractivity contribution in [1.82, 2.24) is 9.80 Å². The lowest BCUT2D eigenvalue weighted by Gasteiger charge is -2.44. The molecule has 0 amide bonds. The lowest BCUT2D eigenvalue weighted by Crippen LogP contribution is -2.50. The Bertz CT molecular complexity index is 793. The number of aliphatic hydroxyl groups excluding tert-OH is 1. The van der Waals surface area contributed by atoms with E-state index in [1.54, 1.807) is 12.1 Å². The first-order chi connectivity index (χ1) is 16.8. The molecule has 4 aliphatic rings. The van der Waals surface area contributed by atoms with Crippen molar-refractivity contribution in [1.29, 1.82) is 0 Å². The molecule has 0 spiro atoms. The van der Waals surface area contributed by atoms with Crippen LogP contribution >= 0.6 is 10.7 Å². The van der Waals surface area contributed by atoms with E-state index < -0.39 is 9.05 Å². The minimum Gasteiger partial charge on any atom is -0.396 e. The number of likely N-dealkylation sites (tertiary alicyclic amines) is 1. The van der Waals surface area contributed by atoms with Crippen LogP contribution in [0.2, 0.25) is 0 Å². The zero-order valence-corrected chi connectivity index (χ0v) is 23.2. The van der Waals surface area contributed by atoms with Gasteiger partial charge in [0.2, 0.25) is 0 Å². The van der Waals surface area contributed by atoms with Crippen molar-refractivity contribution in [2.75, 3.05) is 46.0 Å². The van der Waals surface area contributed by atoms with E-state index in [1.165, 1.54) is 76.6 Å². The number of hydrogen-bond acceptors (Lipinski definition) is 6. The summed E-state index contributed by atoms with van der Waals surface area (Å²) in [7, 11) is 1.54. The third-order valence-corrected chi connectivity index (χ3v) is 9.40. The quantitative estimate of drug-likeness (QED) is 0.560. The first-order valence-corrected chi connectivity index (χ1v) is 15.8. The van der Waals surface area contributed by atoms with Crippen molar-refractivity contribution in [2.45, 2.75) is 82.2 Å². The largest absolute Gasteiger partial charge is 0.396 e. The molecule has 0 radical (unpaired) electrons. The summed E-state index contributed by atoms with van der Waals surface area (Å²) in [5.41, 5.74) is 1.01. The molecular formula is C27H45ClN2O4S. The maximum atomic E-state index is 10.7. The predicted molar refractivity (Wildman–Crippen MR) is 142 cm³/mol. The fourth-order valence-electron chi connectivity index (χ4n) is 5.41. The number of hydrogen-bond donors (Lipinski definition) is 1. The third kappa shape index (κ3) is 9.28. The highest BCUT2D eigenvalue weighted by Crippen LogP contribution is 2.35. The Labute approximate surface area is 217 Å². The SMILES string of the molecule is CCC1CC(N2CCCCC2)C1.Cc1ccc(S(=O)(=O)Cl)cc1.OCC1CC(N2CCOCC2)C1. The van der Waals surface area contributed by atoms with Crippen LogP contribution in [0.1, 0.15) is 63.9 Å². The number of benzene rings is 1. The number of piperidine rings is 1. The summed E-state index contributed by atoms with van der Waals surface area (Å²) in [6, 6.07) is 8.10. The van der Waals surface area contributed by atoms with Gasteiger partial charge in [0.1, 0.15) is 0 Å². The van der Waals surface area contributed by atoms with E-state index in [-0.39, 0.29) is 4.90 Å². The van der Waals surface area contributed by atoms with Crippen LogP contribution in [0.25, 0.3) is 0 Å². The van der Waals surface area contributed by atoms with Gasteiger partial charge in [-0.05, 0) is 82.5 Å². The highest BCUT2D eigenvalue weighted by molar-refractivity contribution is 8.13. The van der Waals surface area contributed by atoms with Crippen LogP contribution in [-0.4, -0.2) is 81.4 Å². The summed E-state index contributed by atoms with van der Waals surface area (Å²) in [5, 5.41) is 8.86. The van der Waals surface area contributed by atoms with Crippen LogP contribution < -0.4 is 0 Å². The molecule has 2 aliphatic heterocycles. The molecule has 5 rings (SSSR count). The molecule has 2 saturated heterocycles. The number of morpholine rings is 1. The van der Waals surface area contributed by atoms with Crippen LogP contribution in [0.15, 0.2) is 29.2 Å². The van der Waals surface area contributed by atoms with Gasteiger partial charge in [0.05, 0.1) is 18.1 Å². The first-order valence-electron chi connectivity index (χ1n) is 13.5. The number of aliphatic hydroxyl groups is 1. The van der Waals surface area contributed by atoms with Gasteiger partial charge in [-0.1, -0.05) is 37.5 Å². The fraction of sp³-hybridized carbons (Fsp3) is 0.778. The Balaban J connectivity index is 0.000000147. The normalized spacial score (nSPS) is 29.5. The van der Waals surface area contributed by atoms with Crippen molar-refractivity contribution < 1.29 is 18.3 Å². The van der Waals surface area contributed by atoms with Crippen molar-refractivity contribution in [2.24, 2.45) is 11.8 Å². The molecule has 4 fully saturated rings. The van der Waals surface area contributed by atoms with Gasteiger partial charge in [0.15, 0.2) is 0 Å². The number of rotatable bonds is 5. The molecule has 6 nitrogen and oxygen atoms in total. The topological polar surface area (TPSA) is 70.1 Å². The molecular weight excluding hydrogens is 484 g/mol. The molecule has 200 valence electrons. The van der Waals surface area contributed by atoms with E-state index >= 15 is 0 Å². The summed E-state index contributed by atoms with van der Waals surface area (Å²) in [6.45, 7) is 11.3. The highest BCUT2D eigenvalue weighted by Gasteiger charge is 2.34. The molecule has 1 aromatic carbocycles. The average Bonchev–Trinajstić information content (AvgIpc) is 2.80. The zero-order chi connectivity index (χ0) is 25.3. The van der Waals surface area contributed by atoms with Crippen LogP contribution in [0.4, 0.5) is 0 Å². The van der Waals surface area contributed by atoms with Crippen molar-refractivity contribution in [3.05, 3.63) is 29.8 Å². The van der Waals surface area contributed by atoms with E-state index in [2.05, 4.69) is 16.7 Å². The van der Waals surface area contributed by atoms with Gasteiger partial charge in [0.25, 0.3) is 9.05 Å². The number of halogens is 1. The van der Waals surface area contributed by atoms with E-state index in [4.69, 9.17) is 20.5 Å². The minimum absolute atomic E-state index is 0.143. The lowest BCUT2D eigenvalue weighted by atomic mass is 9.77. The Hall–Kier alpha value is -0.700. The summed E-state index contributed by atoms with van der Waals surface area (Å²) >= 11 is 0. The Kier molecular flexibility index (Phi) is 11.8. The predicted octanol–water partition coefficient (Wildman–Crippen LogP) is 4.67. The molecule has 2 saturated carbocycles. The third-order valence-electron chi connectivity index (χ3n) is 8.03. The molecule has 1 aromatic rings. The average molecular weight is 529 g/mol. The second-order valence-corrected chi connectivity index (χ2v) is 13.1. The number of ether oxygens (including phenoxy) is 1. The molecule has 1 N–H and O–H groups in total. The van der Waals surface area contributed by atoms with Gasteiger partial charge in [0, 0.05) is 42.5 Å². The molecule has 0 unspecified atom stereocenters. The molecule has 2 aliphatic carbocycles. The smallest absolute Gasteiger partial charge is 0.261 e. The Morgan fingerprint density at radius 1 is 0.886 bits per heavy atom. The summed E-state index contributed by atoms with van der Waals surface area (Å²) in [6.07, 6.45) is 11.2. The zero-order valence-electron chi connectivity index (χ0n) is 21.6. The van der Waals surface area contributed by atoms with Crippen LogP contribution in [-0.2, 0) is 13.8 Å². The molecule has 8 heteroatoms. The highest BCUT2D eigenvalue weighted by atomic mass is 35.7. The van der Waals surface area contributed by atoms with E-state index in [1.807, 2.05) is 6.92 Å². The summed E-state index contributed by atoms with van der Waals surface area (Å²) in [4.78, 5) is 5.37. The van der Waals surface area contributed by atoms with E-state index in [0.29, 0.717) is 12.5 Å². The standard InChI is InChI=1S/C11H21N.C9H17NO2.C7H7ClO2S/c1-2-10-8-11(9-10)12-6-4-3-5-7-12;11-7-8-5-9(6-8)10-1-3-12-4-2-10;1-6-2-4-7(5-3-6)11(8,9)10/h10-11H,2-9H2,1H3;8-9,11H,1-7H2;2-5H,1H3. The Morgan fingerprint density at radius 2 is 1.40 bits per heavy atom. The van der Waals surface area contributed by atoms with Gasteiger partial charge in [-0.15, -0.1) is 0 Å². The maximum Gasteiger partial charge on any atom is 0.261 e. The summed E-state index contributed by atoms with van der Waals surface area (Å²) in [5.74, 6) is 1.65. The monoisotopic (exact) mass is 528 g/mol. The van der Waals surface area contributed by atoms with E-state index in [9.17, 15) is 8.42 Å². The molecule has 35 heavy (non-hydrogen) atoms. The minimum atomic E-state index is -3.55. The first kappa shape index (κ1) is 28.9. The second kappa shape index (κ2) is 14.3. The van der Waals surface area contributed by atoms with Gasteiger partial charge in [-0.25, -0.2) is 8.42 Å². The molecule has 2 heterocycles. The molecule has 0 atom stereocenters. The summed E-state index contributed by atoms with van der Waals surface area (Å²) < 4.78 is 26.7. The van der Waals surface area contributed by atoms with Crippen LogP contribution in [0.3, 0.4) is 0 Å². The van der Waals surface area contributed by atoms with Gasteiger partial charge >= 0.3 is 0 Å². The Morgan fingerprint density at radius 3 is 1.89 bits per heavy atom. The fourth-order valence-corrected chi connectivity index (χ4v) is 6.18. The van der Waals surface area contributed by atoms with Crippen molar-refractivity contribution >= 4 is 19.7 Å².